The molecular formula is C11H17N3O3S. The van der Waals surface area contributed by atoms with Crippen LogP contribution in [0, 0.1) is 0 Å². The average molecular weight is 271 g/mol. The van der Waals surface area contributed by atoms with E-state index >= 15 is 0 Å². The normalized spacial score (nSPS) is 17.6. The molecule has 1 heterocycles. The summed E-state index contributed by atoms with van der Waals surface area (Å²) in [6.07, 6.45) is 6.60. The van der Waals surface area contributed by atoms with Gasteiger partial charge in [0.05, 0.1) is 5.75 Å². The first kappa shape index (κ1) is 13.2. The molecule has 0 aromatic carbocycles. The second-order valence-corrected chi connectivity index (χ2v) is 5.45. The molecular weight excluding hydrogens is 254 g/mol. The van der Waals surface area contributed by atoms with Gasteiger partial charge in [-0.25, -0.2) is 9.89 Å². The zero-order chi connectivity index (χ0) is 13.0. The first-order valence-corrected chi connectivity index (χ1v) is 7.18. The Labute approximate surface area is 109 Å². The van der Waals surface area contributed by atoms with Crippen molar-refractivity contribution in [3.05, 3.63) is 10.5 Å². The van der Waals surface area contributed by atoms with Gasteiger partial charge in [0.2, 0.25) is 0 Å². The van der Waals surface area contributed by atoms with Crippen molar-refractivity contribution >= 4 is 17.7 Å². The van der Waals surface area contributed by atoms with Crippen LogP contribution in [0.15, 0.2) is 9.95 Å². The van der Waals surface area contributed by atoms with Crippen LogP contribution in [0.3, 0.4) is 0 Å². The lowest BCUT2D eigenvalue weighted by Gasteiger charge is -2.16. The van der Waals surface area contributed by atoms with Gasteiger partial charge in [0, 0.05) is 6.04 Å². The number of hydrogen-bond donors (Lipinski definition) is 2. The second kappa shape index (κ2) is 6.08. The third-order valence-corrected chi connectivity index (χ3v) is 4.12. The zero-order valence-corrected chi connectivity index (χ0v) is 10.9. The maximum Gasteiger partial charge on any atom is 0.344 e. The van der Waals surface area contributed by atoms with Crippen LogP contribution in [0.5, 0.6) is 0 Å². The van der Waals surface area contributed by atoms with E-state index in [2.05, 4.69) is 10.2 Å². The first-order valence-electron chi connectivity index (χ1n) is 6.20. The average Bonchev–Trinajstić information content (AvgIpc) is 2.55. The summed E-state index contributed by atoms with van der Waals surface area (Å²) in [5.41, 5.74) is -0.227. The van der Waals surface area contributed by atoms with Gasteiger partial charge in [-0.05, 0) is 12.8 Å². The maximum atomic E-state index is 11.8. The topological polar surface area (TPSA) is 88.0 Å². The molecule has 2 rings (SSSR count). The summed E-state index contributed by atoms with van der Waals surface area (Å²) in [6, 6.07) is 0.162. The van der Waals surface area contributed by atoms with Crippen LogP contribution in [0.2, 0.25) is 0 Å². The molecule has 1 saturated carbocycles. The lowest BCUT2D eigenvalue weighted by molar-refractivity contribution is -0.133. The number of thioether (sulfide) groups is 1. The molecule has 0 unspecified atom stereocenters. The van der Waals surface area contributed by atoms with E-state index in [0.717, 1.165) is 37.4 Å². The number of aliphatic carboxylic acids is 1. The van der Waals surface area contributed by atoms with Gasteiger partial charge in [0.15, 0.2) is 5.16 Å². The van der Waals surface area contributed by atoms with E-state index in [-0.39, 0.29) is 17.5 Å². The Balaban J connectivity index is 2.16. The van der Waals surface area contributed by atoms with E-state index in [0.29, 0.717) is 5.16 Å². The molecule has 1 aliphatic carbocycles. The lowest BCUT2D eigenvalue weighted by Crippen LogP contribution is -2.23. The molecule has 0 amide bonds. The minimum absolute atomic E-state index is 0.0724. The van der Waals surface area contributed by atoms with Crippen molar-refractivity contribution in [1.82, 2.24) is 14.8 Å². The summed E-state index contributed by atoms with van der Waals surface area (Å²) in [5, 5.41) is 15.5. The number of carboxylic acid groups (broad SMARTS) is 1. The molecule has 1 aliphatic rings. The molecule has 0 bridgehead atoms. The van der Waals surface area contributed by atoms with E-state index < -0.39 is 5.97 Å². The number of H-pyrrole nitrogens is 1. The highest BCUT2D eigenvalue weighted by molar-refractivity contribution is 7.99. The Morgan fingerprint density at radius 2 is 2.06 bits per heavy atom. The molecule has 6 nitrogen and oxygen atoms in total. The molecule has 7 heteroatoms. The van der Waals surface area contributed by atoms with Crippen LogP contribution in [0.4, 0.5) is 0 Å². The fourth-order valence-corrected chi connectivity index (χ4v) is 3.09. The predicted molar refractivity (Wildman–Crippen MR) is 67.9 cm³/mol. The summed E-state index contributed by atoms with van der Waals surface area (Å²) in [6.45, 7) is 0. The molecule has 18 heavy (non-hydrogen) atoms. The van der Waals surface area contributed by atoms with Crippen molar-refractivity contribution in [2.75, 3.05) is 5.75 Å². The lowest BCUT2D eigenvalue weighted by atomic mass is 10.1. The highest BCUT2D eigenvalue weighted by Gasteiger charge is 2.20. The van der Waals surface area contributed by atoms with Gasteiger partial charge in [0.25, 0.3) is 0 Å². The van der Waals surface area contributed by atoms with Crippen LogP contribution < -0.4 is 5.69 Å². The molecule has 0 aliphatic heterocycles. The fourth-order valence-electron chi connectivity index (χ4n) is 2.36. The number of nitrogens with one attached hydrogen (secondary N) is 1. The monoisotopic (exact) mass is 271 g/mol. The van der Waals surface area contributed by atoms with Crippen LogP contribution in [0.25, 0.3) is 0 Å². The van der Waals surface area contributed by atoms with Gasteiger partial charge in [-0.3, -0.25) is 9.36 Å². The minimum Gasteiger partial charge on any atom is -0.481 e. The third kappa shape index (κ3) is 3.16. The standard InChI is InChI=1S/C11H17N3O3S/c15-9(16)7-18-11-13-12-10(17)14(11)8-5-3-1-2-4-6-8/h8H,1-7H2,(H,12,17)(H,15,16). The van der Waals surface area contributed by atoms with Crippen LogP contribution in [0.1, 0.15) is 44.6 Å². The van der Waals surface area contributed by atoms with Crippen molar-refractivity contribution in [1.29, 1.82) is 0 Å². The van der Waals surface area contributed by atoms with E-state index in [1.165, 1.54) is 12.8 Å². The summed E-state index contributed by atoms with van der Waals surface area (Å²) in [7, 11) is 0. The number of carboxylic acids is 1. The van der Waals surface area contributed by atoms with Crippen LogP contribution in [-0.2, 0) is 4.79 Å². The number of nitrogens with zero attached hydrogens (tertiary/aromatic N) is 2. The highest BCUT2D eigenvalue weighted by atomic mass is 32.2. The number of rotatable bonds is 4. The van der Waals surface area contributed by atoms with E-state index in [9.17, 15) is 9.59 Å². The predicted octanol–water partition coefficient (Wildman–Crippen LogP) is 1.64. The zero-order valence-electron chi connectivity index (χ0n) is 10.1. The number of aromatic nitrogens is 3. The minimum atomic E-state index is -0.900. The molecule has 0 atom stereocenters. The molecule has 0 spiro atoms. The summed E-state index contributed by atoms with van der Waals surface area (Å²) in [5.74, 6) is -0.973. The van der Waals surface area contributed by atoms with Gasteiger partial charge in [-0.1, -0.05) is 37.4 Å². The SMILES string of the molecule is O=C(O)CSc1n[nH]c(=O)n1C1CCCCCC1. The quantitative estimate of drug-likeness (QED) is 0.642. The van der Waals surface area contributed by atoms with Gasteiger partial charge in [0.1, 0.15) is 0 Å². The Morgan fingerprint density at radius 1 is 1.39 bits per heavy atom. The Hall–Kier alpha value is -1.24. The van der Waals surface area contributed by atoms with Crippen molar-refractivity contribution in [2.24, 2.45) is 0 Å². The van der Waals surface area contributed by atoms with Crippen LogP contribution >= 0.6 is 11.8 Å². The van der Waals surface area contributed by atoms with Crippen LogP contribution in [-0.4, -0.2) is 31.6 Å². The molecule has 0 saturated heterocycles. The number of aromatic amines is 1. The van der Waals surface area contributed by atoms with Crippen molar-refractivity contribution in [3.8, 4) is 0 Å². The Morgan fingerprint density at radius 3 is 2.67 bits per heavy atom. The van der Waals surface area contributed by atoms with E-state index in [1.54, 1.807) is 4.57 Å². The summed E-state index contributed by atoms with van der Waals surface area (Å²) in [4.78, 5) is 22.4. The molecule has 100 valence electrons. The molecule has 1 aromatic heterocycles. The Bertz CT molecular complexity index is 460. The molecule has 0 radical (unpaired) electrons. The second-order valence-electron chi connectivity index (χ2n) is 4.51. The third-order valence-electron chi connectivity index (χ3n) is 3.19. The largest absolute Gasteiger partial charge is 0.481 e. The van der Waals surface area contributed by atoms with Gasteiger partial charge in [-0.15, -0.1) is 5.10 Å². The van der Waals surface area contributed by atoms with Gasteiger partial charge in [-0.2, -0.15) is 0 Å². The number of hydrogen-bond acceptors (Lipinski definition) is 4. The highest BCUT2D eigenvalue weighted by Crippen LogP contribution is 2.28. The van der Waals surface area contributed by atoms with Gasteiger partial charge >= 0.3 is 11.7 Å². The summed E-state index contributed by atoms with van der Waals surface area (Å²) >= 11 is 1.10. The smallest absolute Gasteiger partial charge is 0.344 e. The molecule has 1 fully saturated rings. The van der Waals surface area contributed by atoms with Crippen molar-refractivity contribution < 1.29 is 9.90 Å². The number of carbonyl (C=O) groups is 1. The van der Waals surface area contributed by atoms with Crippen molar-refractivity contribution in [2.45, 2.75) is 49.7 Å². The van der Waals surface area contributed by atoms with Gasteiger partial charge < -0.3 is 5.11 Å². The fraction of sp³-hybridized carbons (Fsp3) is 0.727. The molecule has 2 N–H and O–H groups in total. The maximum absolute atomic E-state index is 11.8. The van der Waals surface area contributed by atoms with E-state index in [1.807, 2.05) is 0 Å². The summed E-state index contributed by atoms with van der Waals surface area (Å²) < 4.78 is 1.64. The Kier molecular flexibility index (Phi) is 4.46. The van der Waals surface area contributed by atoms with Crippen molar-refractivity contribution in [3.63, 3.8) is 0 Å². The first-order chi connectivity index (χ1) is 8.68. The molecule has 1 aromatic rings. The van der Waals surface area contributed by atoms with E-state index in [4.69, 9.17) is 5.11 Å².